The number of aromatic hydroxyl groups is 1. The number of imide groups is 1. The number of rotatable bonds is 4. The number of anilines is 2. The van der Waals surface area contributed by atoms with Crippen molar-refractivity contribution in [3.63, 3.8) is 0 Å². The number of hydrogen-bond acceptors (Lipinski definition) is 6. The number of amides is 2. The summed E-state index contributed by atoms with van der Waals surface area (Å²) in [7, 11) is 1.46. The van der Waals surface area contributed by atoms with Crippen molar-refractivity contribution in [1.82, 2.24) is 0 Å². The van der Waals surface area contributed by atoms with Crippen molar-refractivity contribution in [1.29, 1.82) is 0 Å². The molecule has 2 fully saturated rings. The maximum Gasteiger partial charge on any atom is 0.266 e. The van der Waals surface area contributed by atoms with Crippen LogP contribution in [-0.2, 0) is 14.4 Å². The average Bonchev–Trinajstić information content (AvgIpc) is 3.31. The van der Waals surface area contributed by atoms with Gasteiger partial charge in [0.2, 0.25) is 5.91 Å². The largest absolute Gasteiger partial charge is 0.504 e. The van der Waals surface area contributed by atoms with Gasteiger partial charge in [-0.25, -0.2) is 9.96 Å². The minimum absolute atomic E-state index is 0.0903. The van der Waals surface area contributed by atoms with Crippen molar-refractivity contribution in [3.8, 4) is 11.5 Å². The van der Waals surface area contributed by atoms with Gasteiger partial charge in [-0.15, -0.1) is 0 Å². The number of hydrogen-bond donors (Lipinski definition) is 1. The van der Waals surface area contributed by atoms with Crippen molar-refractivity contribution in [2.24, 2.45) is 5.92 Å². The van der Waals surface area contributed by atoms with Crippen LogP contribution in [0.2, 0.25) is 0 Å². The quantitative estimate of drug-likeness (QED) is 0.547. The van der Waals surface area contributed by atoms with Crippen molar-refractivity contribution < 1.29 is 24.3 Å². The molecule has 5 rings (SSSR count). The smallest absolute Gasteiger partial charge is 0.266 e. The highest BCUT2D eigenvalue weighted by Gasteiger charge is 2.60. The molecule has 162 valence electrons. The lowest BCUT2D eigenvalue weighted by atomic mass is 9.90. The molecule has 0 bridgehead atoms. The van der Waals surface area contributed by atoms with Gasteiger partial charge in [-0.3, -0.25) is 14.4 Å². The molecule has 2 aliphatic heterocycles. The van der Waals surface area contributed by atoms with Gasteiger partial charge in [0, 0.05) is 10.0 Å². The Kier molecular flexibility index (Phi) is 5.11. The Labute approximate surface area is 192 Å². The molecule has 1 N–H and O–H groups in total. The molecule has 2 heterocycles. The Morgan fingerprint density at radius 1 is 0.906 bits per heavy atom. The van der Waals surface area contributed by atoms with Gasteiger partial charge in [0.15, 0.2) is 17.6 Å². The molecule has 0 saturated carbocycles. The number of benzene rings is 3. The second kappa shape index (κ2) is 7.96. The Morgan fingerprint density at radius 2 is 1.62 bits per heavy atom. The first-order valence-electron chi connectivity index (χ1n) is 10.0. The van der Waals surface area contributed by atoms with Crippen molar-refractivity contribution in [2.45, 2.75) is 12.1 Å². The number of fused-ring (bicyclic) bond motifs is 1. The first-order chi connectivity index (χ1) is 15.5. The van der Waals surface area contributed by atoms with Crippen LogP contribution >= 0.6 is 15.9 Å². The topological polar surface area (TPSA) is 79.3 Å². The van der Waals surface area contributed by atoms with Crippen LogP contribution in [0.25, 0.3) is 0 Å². The van der Waals surface area contributed by atoms with E-state index in [1.807, 2.05) is 30.3 Å². The molecule has 3 aromatic carbocycles. The summed E-state index contributed by atoms with van der Waals surface area (Å²) in [6, 6.07) is 20.5. The van der Waals surface area contributed by atoms with E-state index in [0.717, 1.165) is 9.37 Å². The van der Waals surface area contributed by atoms with Crippen LogP contribution in [0.3, 0.4) is 0 Å². The number of phenolic OH excluding ortho intramolecular Hbond substituents is 1. The van der Waals surface area contributed by atoms with Gasteiger partial charge < -0.3 is 9.84 Å². The fourth-order valence-electron chi connectivity index (χ4n) is 4.32. The van der Waals surface area contributed by atoms with E-state index >= 15 is 0 Å². The number of nitrogens with zero attached hydrogens (tertiary/aromatic N) is 2. The molecule has 3 atom stereocenters. The van der Waals surface area contributed by atoms with E-state index in [4.69, 9.17) is 9.57 Å². The lowest BCUT2D eigenvalue weighted by Crippen LogP contribution is -2.37. The van der Waals surface area contributed by atoms with Crippen LogP contribution in [0.15, 0.2) is 77.3 Å². The zero-order chi connectivity index (χ0) is 22.4. The van der Waals surface area contributed by atoms with Crippen LogP contribution in [0.5, 0.6) is 11.5 Å². The summed E-state index contributed by atoms with van der Waals surface area (Å²) < 4.78 is 6.11. The Bertz CT molecular complexity index is 1180. The highest BCUT2D eigenvalue weighted by Crippen LogP contribution is 2.50. The van der Waals surface area contributed by atoms with Gasteiger partial charge in [0.25, 0.3) is 5.91 Å². The predicted molar refractivity (Wildman–Crippen MR) is 121 cm³/mol. The number of methoxy groups -OCH3 is 1. The molecule has 2 amide bonds. The number of halogens is 1. The van der Waals surface area contributed by atoms with E-state index in [1.165, 1.54) is 7.11 Å². The van der Waals surface area contributed by atoms with E-state index in [-0.39, 0.29) is 17.4 Å². The third kappa shape index (κ3) is 3.14. The van der Waals surface area contributed by atoms with Crippen LogP contribution in [0.4, 0.5) is 11.4 Å². The van der Waals surface area contributed by atoms with Crippen LogP contribution in [-0.4, -0.2) is 30.1 Å². The molecule has 0 spiro atoms. The SMILES string of the molecule is COc1cccc([C@@H]2[C@@H]3C(=O)N(c4ccc(Br)cc4)C(=O)[C@H]3ON2c2ccccc2)c1O. The van der Waals surface area contributed by atoms with E-state index < -0.39 is 24.0 Å². The summed E-state index contributed by atoms with van der Waals surface area (Å²) in [5, 5.41) is 12.4. The molecule has 2 aliphatic rings. The maximum absolute atomic E-state index is 13.6. The first kappa shape index (κ1) is 20.5. The van der Waals surface area contributed by atoms with Crippen molar-refractivity contribution >= 4 is 39.1 Å². The molecule has 2 saturated heterocycles. The number of ether oxygens (including phenoxy) is 1. The monoisotopic (exact) mass is 494 g/mol. The number of phenols is 1. The summed E-state index contributed by atoms with van der Waals surface area (Å²) in [6.07, 6.45) is -1.01. The molecule has 8 heteroatoms. The van der Waals surface area contributed by atoms with E-state index in [0.29, 0.717) is 16.9 Å². The van der Waals surface area contributed by atoms with Crippen LogP contribution < -0.4 is 14.7 Å². The van der Waals surface area contributed by atoms with Gasteiger partial charge in [-0.2, -0.15) is 0 Å². The normalized spacial score (nSPS) is 22.4. The Balaban J connectivity index is 1.62. The molecule has 3 aromatic rings. The van der Waals surface area contributed by atoms with Crippen molar-refractivity contribution in [2.75, 3.05) is 17.1 Å². The van der Waals surface area contributed by atoms with Gasteiger partial charge in [-0.05, 0) is 42.5 Å². The van der Waals surface area contributed by atoms with Crippen LogP contribution in [0.1, 0.15) is 11.6 Å². The van der Waals surface area contributed by atoms with E-state index in [9.17, 15) is 14.7 Å². The summed E-state index contributed by atoms with van der Waals surface area (Å²) in [6.45, 7) is 0. The standard InChI is InChI=1S/C24H19BrN2O5/c1-31-18-9-5-8-17(21(18)28)20-19-22(32-27(20)16-6-3-2-4-7-16)24(30)26(23(19)29)15-12-10-14(25)11-13-15/h2-13,19-20,22,28H,1H3/t19-,20+,22-/m0/s1. The molecule has 0 aliphatic carbocycles. The molecular weight excluding hydrogens is 476 g/mol. The average molecular weight is 495 g/mol. The fourth-order valence-corrected chi connectivity index (χ4v) is 4.58. The number of carbonyl (C=O) groups is 2. The molecule has 32 heavy (non-hydrogen) atoms. The molecule has 0 radical (unpaired) electrons. The molecule has 0 aromatic heterocycles. The first-order valence-corrected chi connectivity index (χ1v) is 10.8. The van der Waals surface area contributed by atoms with Gasteiger partial charge in [-0.1, -0.05) is 46.3 Å². The third-order valence-electron chi connectivity index (χ3n) is 5.78. The van der Waals surface area contributed by atoms with Crippen LogP contribution in [0, 0.1) is 5.92 Å². The third-order valence-corrected chi connectivity index (χ3v) is 6.31. The van der Waals surface area contributed by atoms with E-state index in [1.54, 1.807) is 47.5 Å². The minimum atomic E-state index is -1.01. The fraction of sp³-hybridized carbons (Fsp3) is 0.167. The number of para-hydroxylation sites is 2. The molecule has 7 nitrogen and oxygen atoms in total. The van der Waals surface area contributed by atoms with Gasteiger partial charge >= 0.3 is 0 Å². The highest BCUT2D eigenvalue weighted by molar-refractivity contribution is 9.10. The number of carbonyl (C=O) groups excluding carboxylic acids is 2. The summed E-state index contributed by atoms with van der Waals surface area (Å²) in [5.74, 6) is -1.47. The minimum Gasteiger partial charge on any atom is -0.504 e. The van der Waals surface area contributed by atoms with Crippen molar-refractivity contribution in [3.05, 3.63) is 82.8 Å². The Hall–Kier alpha value is -3.36. The second-order valence-corrected chi connectivity index (χ2v) is 8.46. The Morgan fingerprint density at radius 3 is 2.31 bits per heavy atom. The summed E-state index contributed by atoms with van der Waals surface area (Å²) in [5.41, 5.74) is 1.59. The van der Waals surface area contributed by atoms with Gasteiger partial charge in [0.1, 0.15) is 12.0 Å². The lowest BCUT2D eigenvalue weighted by molar-refractivity contribution is -0.126. The lowest BCUT2D eigenvalue weighted by Gasteiger charge is -2.29. The summed E-state index contributed by atoms with van der Waals surface area (Å²) in [4.78, 5) is 34.1. The highest BCUT2D eigenvalue weighted by atomic mass is 79.9. The second-order valence-electron chi connectivity index (χ2n) is 7.54. The van der Waals surface area contributed by atoms with E-state index in [2.05, 4.69) is 15.9 Å². The zero-order valence-corrected chi connectivity index (χ0v) is 18.6. The van der Waals surface area contributed by atoms with Gasteiger partial charge in [0.05, 0.1) is 18.5 Å². The maximum atomic E-state index is 13.6. The molecule has 0 unspecified atom stereocenters. The predicted octanol–water partition coefficient (Wildman–Crippen LogP) is 4.21. The molecular formula is C24H19BrN2O5. The summed E-state index contributed by atoms with van der Waals surface area (Å²) >= 11 is 3.37. The zero-order valence-electron chi connectivity index (χ0n) is 17.0. The number of hydroxylamine groups is 1.